The van der Waals surface area contributed by atoms with Gasteiger partial charge in [-0.15, -0.1) is 0 Å². The zero-order valence-electron chi connectivity index (χ0n) is 20.7. The van der Waals surface area contributed by atoms with Crippen LogP contribution in [0.3, 0.4) is 0 Å². The van der Waals surface area contributed by atoms with E-state index in [1.54, 1.807) is 32.0 Å². The molecule has 1 N–H and O–H groups in total. The summed E-state index contributed by atoms with van der Waals surface area (Å²) in [7, 11) is 1.45. The maximum absolute atomic E-state index is 12.6. The van der Waals surface area contributed by atoms with Gasteiger partial charge in [0.05, 0.1) is 18.1 Å². The number of carbonyl (C=O) groups is 4. The molecule has 0 saturated carbocycles. The van der Waals surface area contributed by atoms with Gasteiger partial charge in [-0.05, 0) is 80.4 Å². The van der Waals surface area contributed by atoms with Crippen LogP contribution < -0.4 is 14.8 Å². The standard InChI is InChI=1S/C26H28N2O7S/c1-15(2)35-24(30)13-28-25(31)22(36-26(28)32)12-18-9-10-20(21(11-18)33-5)34-14-23(29)27-19-8-6-7-16(3)17(19)4/h6-12,15H,13-14H2,1-5H3,(H,27,29)/b22-12-. The van der Waals surface area contributed by atoms with E-state index >= 15 is 0 Å². The van der Waals surface area contributed by atoms with Crippen molar-refractivity contribution in [3.8, 4) is 11.5 Å². The molecule has 2 aromatic carbocycles. The lowest BCUT2D eigenvalue weighted by Gasteiger charge is -2.13. The van der Waals surface area contributed by atoms with Crippen LogP contribution in [0.25, 0.3) is 6.08 Å². The molecule has 3 amide bonds. The first-order valence-corrected chi connectivity index (χ1v) is 12.0. The molecule has 1 saturated heterocycles. The van der Waals surface area contributed by atoms with Crippen LogP contribution in [0, 0.1) is 13.8 Å². The highest BCUT2D eigenvalue weighted by Gasteiger charge is 2.36. The van der Waals surface area contributed by atoms with Gasteiger partial charge < -0.3 is 19.5 Å². The Morgan fingerprint density at radius 3 is 2.56 bits per heavy atom. The first-order chi connectivity index (χ1) is 17.1. The van der Waals surface area contributed by atoms with Gasteiger partial charge in [-0.1, -0.05) is 18.2 Å². The van der Waals surface area contributed by atoms with E-state index in [9.17, 15) is 19.2 Å². The van der Waals surface area contributed by atoms with Gasteiger partial charge in [-0.2, -0.15) is 0 Å². The van der Waals surface area contributed by atoms with Crippen LogP contribution in [0.1, 0.15) is 30.5 Å². The van der Waals surface area contributed by atoms with E-state index in [1.807, 2.05) is 32.0 Å². The Kier molecular flexibility index (Phi) is 8.76. The fourth-order valence-electron chi connectivity index (χ4n) is 3.33. The minimum Gasteiger partial charge on any atom is -0.493 e. The second-order valence-corrected chi connectivity index (χ2v) is 9.29. The molecule has 2 aromatic rings. The van der Waals surface area contributed by atoms with Gasteiger partial charge in [0.15, 0.2) is 18.1 Å². The number of aryl methyl sites for hydroxylation is 1. The molecule has 9 nitrogen and oxygen atoms in total. The fourth-order valence-corrected chi connectivity index (χ4v) is 4.16. The molecular formula is C26H28N2O7S. The van der Waals surface area contributed by atoms with Crippen LogP contribution in [-0.4, -0.2) is 54.3 Å². The average Bonchev–Trinajstić information content (AvgIpc) is 3.07. The number of hydrogen-bond donors (Lipinski definition) is 1. The number of ether oxygens (including phenoxy) is 3. The molecule has 1 aliphatic heterocycles. The molecule has 1 heterocycles. The second-order valence-electron chi connectivity index (χ2n) is 8.30. The summed E-state index contributed by atoms with van der Waals surface area (Å²) in [5, 5.41) is 2.28. The highest BCUT2D eigenvalue weighted by atomic mass is 32.2. The van der Waals surface area contributed by atoms with Crippen LogP contribution in [0.5, 0.6) is 11.5 Å². The molecule has 0 unspecified atom stereocenters. The molecule has 0 radical (unpaired) electrons. The van der Waals surface area contributed by atoms with Crippen molar-refractivity contribution in [1.82, 2.24) is 4.90 Å². The third-order valence-corrected chi connectivity index (χ3v) is 6.16. The molecule has 0 bridgehead atoms. The van der Waals surface area contributed by atoms with E-state index in [0.717, 1.165) is 33.5 Å². The summed E-state index contributed by atoms with van der Waals surface area (Å²) in [4.78, 5) is 50.2. The summed E-state index contributed by atoms with van der Waals surface area (Å²) >= 11 is 0.738. The number of hydrogen-bond acceptors (Lipinski definition) is 8. The molecule has 0 spiro atoms. The van der Waals surface area contributed by atoms with Crippen molar-refractivity contribution in [2.24, 2.45) is 0 Å². The highest BCUT2D eigenvalue weighted by molar-refractivity contribution is 8.18. The monoisotopic (exact) mass is 512 g/mol. The average molecular weight is 513 g/mol. The Balaban J connectivity index is 1.66. The van der Waals surface area contributed by atoms with Gasteiger partial charge in [-0.25, -0.2) is 0 Å². The Bertz CT molecular complexity index is 1220. The summed E-state index contributed by atoms with van der Waals surface area (Å²) in [6, 6.07) is 10.6. The van der Waals surface area contributed by atoms with Gasteiger partial charge >= 0.3 is 5.97 Å². The number of anilines is 1. The molecule has 0 atom stereocenters. The van der Waals surface area contributed by atoms with Crippen molar-refractivity contribution in [2.75, 3.05) is 25.6 Å². The van der Waals surface area contributed by atoms with E-state index < -0.39 is 23.7 Å². The maximum Gasteiger partial charge on any atom is 0.326 e. The summed E-state index contributed by atoms with van der Waals surface area (Å²) < 4.78 is 16.0. The number of methoxy groups -OCH3 is 1. The molecular weight excluding hydrogens is 484 g/mol. The summed E-state index contributed by atoms with van der Waals surface area (Å²) in [6.45, 7) is 6.59. The Morgan fingerprint density at radius 1 is 1.11 bits per heavy atom. The van der Waals surface area contributed by atoms with Crippen molar-refractivity contribution in [3.05, 3.63) is 58.0 Å². The molecule has 1 aliphatic rings. The van der Waals surface area contributed by atoms with Crippen molar-refractivity contribution in [3.63, 3.8) is 0 Å². The number of benzene rings is 2. The number of imide groups is 1. The Morgan fingerprint density at radius 2 is 1.86 bits per heavy atom. The van der Waals surface area contributed by atoms with E-state index in [-0.39, 0.29) is 23.5 Å². The lowest BCUT2D eigenvalue weighted by atomic mass is 10.1. The van der Waals surface area contributed by atoms with Gasteiger partial charge in [-0.3, -0.25) is 24.1 Å². The topological polar surface area (TPSA) is 111 Å². The largest absolute Gasteiger partial charge is 0.493 e. The van der Waals surface area contributed by atoms with Crippen LogP contribution in [0.2, 0.25) is 0 Å². The molecule has 0 aromatic heterocycles. The normalized spacial score (nSPS) is 14.4. The number of nitrogens with zero attached hydrogens (tertiary/aromatic N) is 1. The third-order valence-electron chi connectivity index (χ3n) is 5.25. The molecule has 190 valence electrons. The molecule has 10 heteroatoms. The van der Waals surface area contributed by atoms with E-state index in [4.69, 9.17) is 14.2 Å². The minimum atomic E-state index is -0.654. The van der Waals surface area contributed by atoms with E-state index in [2.05, 4.69) is 5.32 Å². The van der Waals surface area contributed by atoms with Gasteiger partial charge in [0.25, 0.3) is 17.1 Å². The summed E-state index contributed by atoms with van der Waals surface area (Å²) in [5.41, 5.74) is 3.35. The fraction of sp³-hybridized carbons (Fsp3) is 0.308. The van der Waals surface area contributed by atoms with Gasteiger partial charge in [0.1, 0.15) is 6.54 Å². The Hall–Kier alpha value is -3.79. The SMILES string of the molecule is COc1cc(/C=C2\SC(=O)N(CC(=O)OC(C)C)C2=O)ccc1OCC(=O)Nc1cccc(C)c1C. The number of nitrogens with one attached hydrogen (secondary N) is 1. The maximum atomic E-state index is 12.6. The zero-order chi connectivity index (χ0) is 26.4. The third kappa shape index (κ3) is 6.66. The first-order valence-electron chi connectivity index (χ1n) is 11.2. The quantitative estimate of drug-likeness (QED) is 0.391. The van der Waals surface area contributed by atoms with E-state index in [0.29, 0.717) is 17.1 Å². The van der Waals surface area contributed by atoms with Crippen molar-refractivity contribution in [2.45, 2.75) is 33.8 Å². The molecule has 0 aliphatic carbocycles. The van der Waals surface area contributed by atoms with Crippen molar-refractivity contribution >= 4 is 46.5 Å². The molecule has 36 heavy (non-hydrogen) atoms. The smallest absolute Gasteiger partial charge is 0.326 e. The lowest BCUT2D eigenvalue weighted by molar-refractivity contribution is -0.149. The first kappa shape index (κ1) is 26.8. The summed E-state index contributed by atoms with van der Waals surface area (Å²) in [6.07, 6.45) is 1.18. The number of rotatable bonds is 9. The van der Waals surface area contributed by atoms with Crippen LogP contribution >= 0.6 is 11.8 Å². The second kappa shape index (κ2) is 11.8. The van der Waals surface area contributed by atoms with Crippen molar-refractivity contribution in [1.29, 1.82) is 0 Å². The van der Waals surface area contributed by atoms with E-state index in [1.165, 1.54) is 13.2 Å². The highest BCUT2D eigenvalue weighted by Crippen LogP contribution is 2.34. The number of amides is 3. The Labute approximate surface area is 213 Å². The zero-order valence-corrected chi connectivity index (χ0v) is 21.6. The predicted octanol–water partition coefficient (Wildman–Crippen LogP) is 4.32. The molecule has 3 rings (SSSR count). The summed E-state index contributed by atoms with van der Waals surface area (Å²) in [5.74, 6) is -0.857. The lowest BCUT2D eigenvalue weighted by Crippen LogP contribution is -2.35. The minimum absolute atomic E-state index is 0.168. The number of esters is 1. The van der Waals surface area contributed by atoms with Gasteiger partial charge in [0.2, 0.25) is 0 Å². The van der Waals surface area contributed by atoms with Crippen LogP contribution in [0.4, 0.5) is 10.5 Å². The van der Waals surface area contributed by atoms with Crippen LogP contribution in [-0.2, 0) is 19.1 Å². The van der Waals surface area contributed by atoms with Crippen molar-refractivity contribution < 1.29 is 33.4 Å². The number of carbonyl (C=O) groups excluding carboxylic acids is 4. The van der Waals surface area contributed by atoms with Gasteiger partial charge in [0, 0.05) is 5.69 Å². The van der Waals surface area contributed by atoms with Crippen LogP contribution in [0.15, 0.2) is 41.3 Å². The molecule has 1 fully saturated rings. The predicted molar refractivity (Wildman–Crippen MR) is 137 cm³/mol. The number of thioether (sulfide) groups is 1.